The number of allylic oxidation sites excluding steroid dienone is 2. The van der Waals surface area contributed by atoms with Crippen LogP contribution >= 0.6 is 0 Å². The van der Waals surface area contributed by atoms with Gasteiger partial charge in [-0.15, -0.1) is 0 Å². The van der Waals surface area contributed by atoms with E-state index in [1.807, 2.05) is 42.5 Å². The number of methoxy groups -OCH3 is 1. The van der Waals surface area contributed by atoms with Crippen LogP contribution in [-0.4, -0.2) is 29.7 Å². The minimum atomic E-state index is -0.643. The second kappa shape index (κ2) is 8.26. The predicted molar refractivity (Wildman–Crippen MR) is 120 cm³/mol. The summed E-state index contributed by atoms with van der Waals surface area (Å²) >= 11 is 0. The molecule has 2 aromatic carbocycles. The number of carbonyl (C=O) groups excluding carboxylic acids is 3. The Bertz CT molecular complexity index is 1050. The van der Waals surface area contributed by atoms with Crippen molar-refractivity contribution >= 4 is 23.4 Å². The van der Waals surface area contributed by atoms with Crippen molar-refractivity contribution < 1.29 is 19.1 Å². The van der Waals surface area contributed by atoms with Crippen LogP contribution in [-0.2, 0) is 14.4 Å². The van der Waals surface area contributed by atoms with Crippen molar-refractivity contribution in [2.24, 2.45) is 23.7 Å². The summed E-state index contributed by atoms with van der Waals surface area (Å²) in [7, 11) is 1.55. The fraction of sp³-hybridized carbons (Fsp3) is 0.346. The summed E-state index contributed by atoms with van der Waals surface area (Å²) in [5, 5.41) is 2.88. The minimum Gasteiger partial charge on any atom is -0.495 e. The molecular formula is C26H26N2O4. The van der Waals surface area contributed by atoms with Gasteiger partial charge < -0.3 is 10.1 Å². The van der Waals surface area contributed by atoms with Gasteiger partial charge in [-0.1, -0.05) is 54.6 Å². The molecular weight excluding hydrogens is 404 g/mol. The monoisotopic (exact) mass is 430 g/mol. The van der Waals surface area contributed by atoms with E-state index in [-0.39, 0.29) is 47.8 Å². The van der Waals surface area contributed by atoms with E-state index in [2.05, 4.69) is 17.5 Å². The van der Waals surface area contributed by atoms with Crippen LogP contribution in [0.1, 0.15) is 30.9 Å². The molecule has 164 valence electrons. The topological polar surface area (TPSA) is 75.7 Å². The second-order valence-electron chi connectivity index (χ2n) is 8.77. The number of anilines is 1. The first-order chi connectivity index (χ1) is 15.6. The summed E-state index contributed by atoms with van der Waals surface area (Å²) in [5.74, 6) is -0.366. The third-order valence-corrected chi connectivity index (χ3v) is 7.05. The molecule has 1 aliphatic heterocycles. The van der Waals surface area contributed by atoms with E-state index in [0.717, 1.165) is 18.4 Å². The second-order valence-corrected chi connectivity index (χ2v) is 8.77. The van der Waals surface area contributed by atoms with Gasteiger partial charge in [0.15, 0.2) is 0 Å². The maximum absolute atomic E-state index is 13.5. The molecule has 0 unspecified atom stereocenters. The van der Waals surface area contributed by atoms with E-state index in [0.29, 0.717) is 11.4 Å². The van der Waals surface area contributed by atoms with Gasteiger partial charge in [-0.25, -0.2) is 0 Å². The fourth-order valence-corrected chi connectivity index (χ4v) is 5.56. The quantitative estimate of drug-likeness (QED) is 0.556. The Morgan fingerprint density at radius 2 is 1.56 bits per heavy atom. The molecule has 0 spiro atoms. The molecule has 6 rings (SSSR count). The number of fused-ring (bicyclic) bond motifs is 1. The Morgan fingerprint density at radius 1 is 0.969 bits per heavy atom. The van der Waals surface area contributed by atoms with Gasteiger partial charge in [0.2, 0.25) is 17.7 Å². The fourth-order valence-electron chi connectivity index (χ4n) is 5.56. The number of hydrogen-bond acceptors (Lipinski definition) is 4. The summed E-state index contributed by atoms with van der Waals surface area (Å²) in [5.41, 5.74) is 1.34. The largest absolute Gasteiger partial charge is 0.495 e. The summed E-state index contributed by atoms with van der Waals surface area (Å²) in [6.07, 6.45) is 6.09. The first-order valence-electron chi connectivity index (χ1n) is 11.1. The number of nitrogens with zero attached hydrogens (tertiary/aromatic N) is 1. The molecule has 1 saturated heterocycles. The highest BCUT2D eigenvalue weighted by Crippen LogP contribution is 2.51. The molecule has 0 aromatic heterocycles. The maximum Gasteiger partial charge on any atom is 0.234 e. The number of likely N-dealkylation sites (tertiary alicyclic amines) is 1. The number of nitrogens with one attached hydrogen (secondary N) is 1. The molecule has 4 aliphatic rings. The number of carbonyl (C=O) groups is 3. The zero-order chi connectivity index (χ0) is 22.2. The zero-order valence-electron chi connectivity index (χ0n) is 17.9. The lowest BCUT2D eigenvalue weighted by atomic mass is 9.63. The van der Waals surface area contributed by atoms with Crippen molar-refractivity contribution in [3.05, 3.63) is 72.3 Å². The number of benzene rings is 2. The first-order valence-corrected chi connectivity index (χ1v) is 11.1. The van der Waals surface area contributed by atoms with Crippen molar-refractivity contribution in [2.75, 3.05) is 12.4 Å². The average Bonchev–Trinajstić information content (AvgIpc) is 3.11. The third kappa shape index (κ3) is 3.40. The molecule has 6 heteroatoms. The minimum absolute atomic E-state index is 0.0122. The Labute approximate surface area is 187 Å². The van der Waals surface area contributed by atoms with Gasteiger partial charge >= 0.3 is 0 Å². The van der Waals surface area contributed by atoms with E-state index in [1.54, 1.807) is 19.2 Å². The standard InChI is InChI=1S/C26H26N2O4/c1-32-21-10-6-5-9-19(21)27-22(29)15-20(16-7-3-2-4-8-16)28-25(30)23-17-11-12-18(14-13-17)24(23)26(28)31/h2-12,17-18,20,23-24H,13-15H2,1H3,(H,27,29)/t17-,18-,20+,23+,24+/m0/s1. The van der Waals surface area contributed by atoms with Crippen molar-refractivity contribution in [3.63, 3.8) is 0 Å². The van der Waals surface area contributed by atoms with Crippen LogP contribution in [0.4, 0.5) is 5.69 Å². The molecule has 1 N–H and O–H groups in total. The lowest BCUT2D eigenvalue weighted by Crippen LogP contribution is -2.38. The van der Waals surface area contributed by atoms with Gasteiger partial charge in [-0.2, -0.15) is 0 Å². The van der Waals surface area contributed by atoms with Gasteiger partial charge in [0.25, 0.3) is 0 Å². The highest BCUT2D eigenvalue weighted by molar-refractivity contribution is 6.07. The SMILES string of the molecule is COc1ccccc1NC(=O)C[C@H](c1ccccc1)N1C(=O)[C@H]2[C@H](C1=O)[C@H]1C=C[C@H]2CC1. The molecule has 32 heavy (non-hydrogen) atoms. The van der Waals surface area contributed by atoms with E-state index in [4.69, 9.17) is 4.74 Å². The Balaban J connectivity index is 1.44. The molecule has 2 fully saturated rings. The van der Waals surface area contributed by atoms with E-state index in [9.17, 15) is 14.4 Å². The number of rotatable bonds is 6. The van der Waals surface area contributed by atoms with Crippen LogP contribution < -0.4 is 10.1 Å². The predicted octanol–water partition coefficient (Wildman–Crippen LogP) is 3.96. The number of ether oxygens (including phenoxy) is 1. The molecule has 0 radical (unpaired) electrons. The molecule has 3 amide bonds. The first kappa shape index (κ1) is 20.5. The van der Waals surface area contributed by atoms with Gasteiger partial charge in [0.05, 0.1) is 37.1 Å². The highest BCUT2D eigenvalue weighted by atomic mass is 16.5. The van der Waals surface area contributed by atoms with Gasteiger partial charge in [-0.05, 0) is 42.4 Å². The van der Waals surface area contributed by atoms with Crippen molar-refractivity contribution in [3.8, 4) is 5.75 Å². The van der Waals surface area contributed by atoms with Gasteiger partial charge in [0, 0.05) is 0 Å². The maximum atomic E-state index is 13.5. The normalized spacial score (nSPS) is 26.7. The Kier molecular flexibility index (Phi) is 5.29. The highest BCUT2D eigenvalue weighted by Gasteiger charge is 2.58. The van der Waals surface area contributed by atoms with Crippen molar-refractivity contribution in [1.82, 2.24) is 4.90 Å². The van der Waals surface area contributed by atoms with Gasteiger partial charge in [0.1, 0.15) is 5.75 Å². The lowest BCUT2D eigenvalue weighted by molar-refractivity contribution is -0.143. The zero-order valence-corrected chi connectivity index (χ0v) is 17.9. The Hall–Kier alpha value is -3.41. The molecule has 2 bridgehead atoms. The van der Waals surface area contributed by atoms with Crippen LogP contribution in [0.2, 0.25) is 0 Å². The molecule has 3 aliphatic carbocycles. The van der Waals surface area contributed by atoms with Crippen LogP contribution in [0.3, 0.4) is 0 Å². The van der Waals surface area contributed by atoms with Crippen LogP contribution in [0.5, 0.6) is 5.75 Å². The summed E-state index contributed by atoms with van der Waals surface area (Å²) < 4.78 is 5.32. The van der Waals surface area contributed by atoms with E-state index in [1.165, 1.54) is 4.90 Å². The third-order valence-electron chi connectivity index (χ3n) is 7.05. The summed E-state index contributed by atoms with van der Waals surface area (Å²) in [4.78, 5) is 41.5. The Morgan fingerprint density at radius 3 is 2.16 bits per heavy atom. The number of amides is 3. The van der Waals surface area contributed by atoms with E-state index < -0.39 is 6.04 Å². The number of para-hydroxylation sites is 2. The summed E-state index contributed by atoms with van der Waals surface area (Å²) in [6.45, 7) is 0. The number of hydrogen-bond donors (Lipinski definition) is 1. The lowest BCUT2D eigenvalue weighted by Gasteiger charge is -2.38. The van der Waals surface area contributed by atoms with Crippen molar-refractivity contribution in [1.29, 1.82) is 0 Å². The molecule has 5 atom stereocenters. The summed E-state index contributed by atoms with van der Waals surface area (Å²) in [6, 6.07) is 15.9. The number of imide groups is 1. The molecule has 1 saturated carbocycles. The smallest absolute Gasteiger partial charge is 0.234 e. The van der Waals surface area contributed by atoms with Crippen LogP contribution in [0, 0.1) is 23.7 Å². The van der Waals surface area contributed by atoms with Crippen LogP contribution in [0.15, 0.2) is 66.7 Å². The van der Waals surface area contributed by atoms with Crippen LogP contribution in [0.25, 0.3) is 0 Å². The average molecular weight is 431 g/mol. The van der Waals surface area contributed by atoms with E-state index >= 15 is 0 Å². The molecule has 1 heterocycles. The molecule has 2 aromatic rings. The van der Waals surface area contributed by atoms with Gasteiger partial charge in [-0.3, -0.25) is 19.3 Å². The van der Waals surface area contributed by atoms with Crippen molar-refractivity contribution in [2.45, 2.75) is 25.3 Å². The molecule has 6 nitrogen and oxygen atoms in total.